The highest BCUT2D eigenvalue weighted by atomic mass is 32.2. The predicted molar refractivity (Wildman–Crippen MR) is 46.5 cm³/mol. The summed E-state index contributed by atoms with van der Waals surface area (Å²) in [5.41, 5.74) is 0. The molecule has 0 aromatic carbocycles. The van der Waals surface area contributed by atoms with Crippen LogP contribution in [0.1, 0.15) is 6.42 Å². The second-order valence-corrected chi connectivity index (χ2v) is 4.45. The van der Waals surface area contributed by atoms with Crippen LogP contribution in [0.5, 0.6) is 0 Å². The zero-order chi connectivity index (χ0) is 9.73. The second kappa shape index (κ2) is 4.01. The number of rotatable bonds is 3. The Kier molecular flexibility index (Phi) is 2.98. The molecule has 1 aromatic rings. The maximum absolute atomic E-state index is 11.4. The fraction of sp³-hybridized carbons (Fsp3) is 0.250. The van der Waals surface area contributed by atoms with Gasteiger partial charge in [0.05, 0.1) is 11.8 Å². The van der Waals surface area contributed by atoms with Crippen LogP contribution in [0, 0.1) is 11.3 Å². The van der Waals surface area contributed by atoms with E-state index in [4.69, 9.17) is 5.26 Å². The molecule has 0 aliphatic heterocycles. The van der Waals surface area contributed by atoms with Crippen molar-refractivity contribution in [1.82, 2.24) is 4.98 Å². The molecule has 5 heteroatoms. The fourth-order valence-electron chi connectivity index (χ4n) is 0.816. The van der Waals surface area contributed by atoms with Gasteiger partial charge in [-0.3, -0.25) is 0 Å². The van der Waals surface area contributed by atoms with E-state index in [1.165, 1.54) is 12.3 Å². The Bertz CT molecular complexity index is 406. The smallest absolute Gasteiger partial charge is 0.196 e. The van der Waals surface area contributed by atoms with Gasteiger partial charge in [-0.1, -0.05) is 6.07 Å². The molecule has 0 amide bonds. The lowest BCUT2D eigenvalue weighted by Crippen LogP contribution is -2.07. The van der Waals surface area contributed by atoms with E-state index in [2.05, 4.69) is 4.98 Å². The predicted octanol–water partition coefficient (Wildman–Crippen LogP) is 0.769. The van der Waals surface area contributed by atoms with Crippen molar-refractivity contribution < 1.29 is 8.42 Å². The van der Waals surface area contributed by atoms with E-state index in [-0.39, 0.29) is 17.2 Å². The van der Waals surface area contributed by atoms with Gasteiger partial charge < -0.3 is 0 Å². The Hall–Kier alpha value is -1.41. The molecule has 0 unspecified atom stereocenters. The zero-order valence-electron chi connectivity index (χ0n) is 6.84. The Labute approximate surface area is 76.8 Å². The number of aromatic nitrogens is 1. The lowest BCUT2D eigenvalue weighted by Gasteiger charge is -1.98. The normalized spacial score (nSPS) is 10.7. The Morgan fingerprint density at radius 3 is 2.77 bits per heavy atom. The first-order chi connectivity index (χ1) is 6.17. The van der Waals surface area contributed by atoms with E-state index >= 15 is 0 Å². The van der Waals surface area contributed by atoms with Gasteiger partial charge in [-0.05, 0) is 12.1 Å². The third kappa shape index (κ3) is 2.53. The second-order valence-electron chi connectivity index (χ2n) is 2.39. The fourth-order valence-corrected chi connectivity index (χ4v) is 1.89. The van der Waals surface area contributed by atoms with Crippen LogP contribution in [0.4, 0.5) is 0 Å². The molecule has 0 saturated heterocycles. The Morgan fingerprint density at radius 2 is 2.23 bits per heavy atom. The topological polar surface area (TPSA) is 70.8 Å². The van der Waals surface area contributed by atoms with Crippen LogP contribution in [-0.2, 0) is 9.84 Å². The number of hydrogen-bond acceptors (Lipinski definition) is 4. The zero-order valence-corrected chi connectivity index (χ0v) is 7.66. The van der Waals surface area contributed by atoms with Gasteiger partial charge in [0.25, 0.3) is 0 Å². The minimum atomic E-state index is -3.36. The number of sulfone groups is 1. The van der Waals surface area contributed by atoms with Crippen molar-refractivity contribution in [3.8, 4) is 6.07 Å². The monoisotopic (exact) mass is 196 g/mol. The number of nitrogens with zero attached hydrogens (tertiary/aromatic N) is 2. The van der Waals surface area contributed by atoms with Gasteiger partial charge >= 0.3 is 0 Å². The molecule has 0 bridgehead atoms. The van der Waals surface area contributed by atoms with Crippen LogP contribution in [0.2, 0.25) is 0 Å². The van der Waals surface area contributed by atoms with Gasteiger partial charge in [0.2, 0.25) is 0 Å². The molecule has 0 fully saturated rings. The molecule has 0 atom stereocenters. The summed E-state index contributed by atoms with van der Waals surface area (Å²) in [4.78, 5) is 3.71. The summed E-state index contributed by atoms with van der Waals surface area (Å²) < 4.78 is 22.8. The number of nitriles is 1. The third-order valence-electron chi connectivity index (χ3n) is 1.44. The van der Waals surface area contributed by atoms with E-state index in [0.29, 0.717) is 0 Å². The maximum atomic E-state index is 11.4. The van der Waals surface area contributed by atoms with E-state index in [0.717, 1.165) is 0 Å². The molecule has 0 aliphatic rings. The van der Waals surface area contributed by atoms with Crippen molar-refractivity contribution in [2.75, 3.05) is 5.75 Å². The molecular weight excluding hydrogens is 188 g/mol. The molecule has 0 spiro atoms. The van der Waals surface area contributed by atoms with Crippen LogP contribution in [0.15, 0.2) is 29.4 Å². The molecule has 1 rings (SSSR count). The standard InChI is InChI=1S/C8H8N2O2S/c9-5-3-7-13(11,12)8-4-1-2-6-10-8/h1-2,4,6H,3,7H2. The lowest BCUT2D eigenvalue weighted by molar-refractivity contribution is 0.592. The van der Waals surface area contributed by atoms with Crippen molar-refractivity contribution >= 4 is 9.84 Å². The first-order valence-electron chi connectivity index (χ1n) is 3.67. The molecule has 13 heavy (non-hydrogen) atoms. The molecule has 68 valence electrons. The van der Waals surface area contributed by atoms with Crippen molar-refractivity contribution in [3.05, 3.63) is 24.4 Å². The highest BCUT2D eigenvalue weighted by Crippen LogP contribution is 2.06. The highest BCUT2D eigenvalue weighted by molar-refractivity contribution is 7.91. The summed E-state index contributed by atoms with van der Waals surface area (Å²) in [6, 6.07) is 6.46. The van der Waals surface area contributed by atoms with Gasteiger partial charge in [0.15, 0.2) is 14.9 Å². The Balaban J connectivity index is 2.90. The summed E-state index contributed by atoms with van der Waals surface area (Å²) in [5, 5.41) is 8.27. The molecule has 1 aromatic heterocycles. The summed E-state index contributed by atoms with van der Waals surface area (Å²) in [6.45, 7) is 0. The number of hydrogen-bond donors (Lipinski definition) is 0. The quantitative estimate of drug-likeness (QED) is 0.715. The van der Waals surface area contributed by atoms with E-state index < -0.39 is 9.84 Å². The molecule has 4 nitrogen and oxygen atoms in total. The first-order valence-corrected chi connectivity index (χ1v) is 5.33. The van der Waals surface area contributed by atoms with Gasteiger partial charge in [-0.25, -0.2) is 13.4 Å². The summed E-state index contributed by atoms with van der Waals surface area (Å²) in [6.07, 6.45) is 1.41. The minimum Gasteiger partial charge on any atom is -0.245 e. The molecule has 0 N–H and O–H groups in total. The molecule has 0 radical (unpaired) electrons. The summed E-state index contributed by atoms with van der Waals surface area (Å²) in [5.74, 6) is -0.166. The van der Waals surface area contributed by atoms with E-state index in [1.807, 2.05) is 0 Å². The average molecular weight is 196 g/mol. The average Bonchev–Trinajstić information content (AvgIpc) is 2.16. The largest absolute Gasteiger partial charge is 0.245 e. The van der Waals surface area contributed by atoms with E-state index in [1.54, 1.807) is 18.2 Å². The van der Waals surface area contributed by atoms with Gasteiger partial charge in [0.1, 0.15) is 0 Å². The van der Waals surface area contributed by atoms with Gasteiger partial charge in [0, 0.05) is 12.6 Å². The molecular formula is C8H8N2O2S. The van der Waals surface area contributed by atoms with Gasteiger partial charge in [-0.15, -0.1) is 0 Å². The SMILES string of the molecule is N#CCCS(=O)(=O)c1ccccn1. The van der Waals surface area contributed by atoms with Crippen LogP contribution in [0.3, 0.4) is 0 Å². The summed E-state index contributed by atoms with van der Waals surface area (Å²) >= 11 is 0. The molecule has 0 aliphatic carbocycles. The third-order valence-corrected chi connectivity index (χ3v) is 3.06. The van der Waals surface area contributed by atoms with Crippen molar-refractivity contribution in [1.29, 1.82) is 5.26 Å². The Morgan fingerprint density at radius 1 is 1.46 bits per heavy atom. The maximum Gasteiger partial charge on any atom is 0.196 e. The van der Waals surface area contributed by atoms with Crippen LogP contribution in [0.25, 0.3) is 0 Å². The summed E-state index contributed by atoms with van der Waals surface area (Å²) in [7, 11) is -3.36. The minimum absolute atomic E-state index is 0.00108. The van der Waals surface area contributed by atoms with Crippen molar-refractivity contribution in [3.63, 3.8) is 0 Å². The van der Waals surface area contributed by atoms with E-state index in [9.17, 15) is 8.42 Å². The molecule has 0 saturated carbocycles. The van der Waals surface area contributed by atoms with Crippen molar-refractivity contribution in [2.24, 2.45) is 0 Å². The number of pyridine rings is 1. The highest BCUT2D eigenvalue weighted by Gasteiger charge is 2.14. The molecule has 1 heterocycles. The lowest BCUT2D eigenvalue weighted by atomic mass is 10.5. The van der Waals surface area contributed by atoms with Crippen LogP contribution in [-0.4, -0.2) is 19.2 Å². The van der Waals surface area contributed by atoms with Crippen LogP contribution < -0.4 is 0 Å². The first kappa shape index (κ1) is 9.68. The van der Waals surface area contributed by atoms with Crippen LogP contribution >= 0.6 is 0 Å². The van der Waals surface area contributed by atoms with Gasteiger partial charge in [-0.2, -0.15) is 5.26 Å². The van der Waals surface area contributed by atoms with Crippen molar-refractivity contribution in [2.45, 2.75) is 11.4 Å².